The summed E-state index contributed by atoms with van der Waals surface area (Å²) in [5, 5.41) is 2.99. The maximum atomic E-state index is 12.1. The highest BCUT2D eigenvalue weighted by Crippen LogP contribution is 2.27. The van der Waals surface area contributed by atoms with Crippen molar-refractivity contribution in [2.45, 2.75) is 13.0 Å². The number of halogens is 1. The van der Waals surface area contributed by atoms with Crippen molar-refractivity contribution in [3.8, 4) is 5.75 Å². The van der Waals surface area contributed by atoms with Crippen molar-refractivity contribution >= 4 is 29.2 Å². The third kappa shape index (κ3) is 4.43. The van der Waals surface area contributed by atoms with Crippen molar-refractivity contribution in [3.63, 3.8) is 0 Å². The Labute approximate surface area is 138 Å². The molecule has 0 radical (unpaired) electrons. The second-order valence-corrected chi connectivity index (χ2v) is 5.03. The third-order valence-corrected chi connectivity index (χ3v) is 3.28. The lowest BCUT2D eigenvalue weighted by Gasteiger charge is -2.14. The van der Waals surface area contributed by atoms with Crippen LogP contribution in [0.15, 0.2) is 42.7 Å². The van der Waals surface area contributed by atoms with Crippen molar-refractivity contribution in [2.75, 3.05) is 12.4 Å². The van der Waals surface area contributed by atoms with E-state index in [0.717, 1.165) is 0 Å². The number of carbonyl (C=O) groups excluding carboxylic acids is 2. The summed E-state index contributed by atoms with van der Waals surface area (Å²) in [6.45, 7) is 1.49. The Bertz CT molecular complexity index is 706. The average molecular weight is 335 g/mol. The quantitative estimate of drug-likeness (QED) is 0.851. The second kappa shape index (κ2) is 7.60. The molecule has 0 bridgehead atoms. The fourth-order valence-electron chi connectivity index (χ4n) is 1.76. The van der Waals surface area contributed by atoms with Crippen LogP contribution in [-0.4, -0.2) is 30.1 Å². The molecule has 0 saturated carbocycles. The Morgan fingerprint density at radius 2 is 1.91 bits per heavy atom. The normalized spacial score (nSPS) is 11.4. The maximum Gasteiger partial charge on any atom is 0.339 e. The van der Waals surface area contributed by atoms with Gasteiger partial charge in [0.15, 0.2) is 6.10 Å². The van der Waals surface area contributed by atoms with Gasteiger partial charge in [-0.05, 0) is 37.3 Å². The molecule has 0 fully saturated rings. The molecule has 0 saturated heterocycles. The molecular weight excluding hydrogens is 320 g/mol. The molecule has 2 rings (SSSR count). The van der Waals surface area contributed by atoms with Crippen LogP contribution >= 0.6 is 11.6 Å². The Kier molecular flexibility index (Phi) is 5.54. The lowest BCUT2D eigenvalue weighted by atomic mass is 10.2. The number of nitrogens with zero attached hydrogens (tertiary/aromatic N) is 1. The van der Waals surface area contributed by atoms with Crippen molar-refractivity contribution < 1.29 is 19.1 Å². The fourth-order valence-corrected chi connectivity index (χ4v) is 2.02. The SMILES string of the molecule is COc1ccc(NC(=O)C(C)OC(=O)c2ccncc2)cc1Cl. The zero-order valence-electron chi connectivity index (χ0n) is 12.6. The minimum Gasteiger partial charge on any atom is -0.495 e. The number of hydrogen-bond acceptors (Lipinski definition) is 5. The average Bonchev–Trinajstić information content (AvgIpc) is 2.55. The fraction of sp³-hybridized carbons (Fsp3) is 0.188. The lowest BCUT2D eigenvalue weighted by molar-refractivity contribution is -0.123. The zero-order valence-corrected chi connectivity index (χ0v) is 13.3. The first-order chi connectivity index (χ1) is 11.0. The van der Waals surface area contributed by atoms with Crippen LogP contribution in [0.1, 0.15) is 17.3 Å². The van der Waals surface area contributed by atoms with Gasteiger partial charge in [-0.15, -0.1) is 0 Å². The summed E-state index contributed by atoms with van der Waals surface area (Å²) < 4.78 is 10.1. The highest BCUT2D eigenvalue weighted by molar-refractivity contribution is 6.32. The predicted molar refractivity (Wildman–Crippen MR) is 85.7 cm³/mol. The molecule has 0 spiro atoms. The topological polar surface area (TPSA) is 77.5 Å². The minimum absolute atomic E-state index is 0.326. The van der Waals surface area contributed by atoms with Crippen LogP contribution < -0.4 is 10.1 Å². The van der Waals surface area contributed by atoms with Gasteiger partial charge in [0.1, 0.15) is 5.75 Å². The highest BCUT2D eigenvalue weighted by atomic mass is 35.5. The Morgan fingerprint density at radius 1 is 1.22 bits per heavy atom. The molecule has 1 N–H and O–H groups in total. The number of carbonyl (C=O) groups is 2. The number of hydrogen-bond donors (Lipinski definition) is 1. The van der Waals surface area contributed by atoms with Gasteiger partial charge >= 0.3 is 5.97 Å². The zero-order chi connectivity index (χ0) is 16.8. The number of nitrogens with one attached hydrogen (secondary N) is 1. The van der Waals surface area contributed by atoms with E-state index in [4.69, 9.17) is 21.1 Å². The van der Waals surface area contributed by atoms with Crippen LogP contribution in [-0.2, 0) is 9.53 Å². The van der Waals surface area contributed by atoms with Gasteiger partial charge in [-0.1, -0.05) is 11.6 Å². The van der Waals surface area contributed by atoms with Gasteiger partial charge in [-0.3, -0.25) is 9.78 Å². The van der Waals surface area contributed by atoms with E-state index in [1.165, 1.54) is 38.6 Å². The van der Waals surface area contributed by atoms with Crippen LogP contribution in [0.5, 0.6) is 5.75 Å². The van der Waals surface area contributed by atoms with Gasteiger partial charge in [0.05, 0.1) is 17.7 Å². The number of esters is 1. The van der Waals surface area contributed by atoms with E-state index in [1.54, 1.807) is 18.2 Å². The van der Waals surface area contributed by atoms with E-state index in [-0.39, 0.29) is 0 Å². The van der Waals surface area contributed by atoms with Gasteiger partial charge in [0, 0.05) is 18.1 Å². The third-order valence-electron chi connectivity index (χ3n) is 2.99. The van der Waals surface area contributed by atoms with Crippen molar-refractivity contribution in [2.24, 2.45) is 0 Å². The second-order valence-electron chi connectivity index (χ2n) is 4.62. The molecule has 1 aromatic carbocycles. The summed E-state index contributed by atoms with van der Waals surface area (Å²) in [6, 6.07) is 7.84. The molecule has 1 heterocycles. The number of amides is 1. The molecule has 7 heteroatoms. The van der Waals surface area contributed by atoms with E-state index in [0.29, 0.717) is 22.0 Å². The van der Waals surface area contributed by atoms with Gasteiger partial charge in [0.25, 0.3) is 5.91 Å². The molecule has 2 aromatic rings. The maximum absolute atomic E-state index is 12.1. The number of pyridine rings is 1. The minimum atomic E-state index is -0.962. The first kappa shape index (κ1) is 16.8. The summed E-state index contributed by atoms with van der Waals surface area (Å²) in [5.74, 6) is -0.557. The van der Waals surface area contributed by atoms with Crippen LogP contribution in [0.3, 0.4) is 0 Å². The number of aromatic nitrogens is 1. The van der Waals surface area contributed by atoms with E-state index in [2.05, 4.69) is 10.3 Å². The molecule has 1 aromatic heterocycles. The molecule has 23 heavy (non-hydrogen) atoms. The first-order valence-electron chi connectivity index (χ1n) is 6.76. The van der Waals surface area contributed by atoms with E-state index >= 15 is 0 Å². The Morgan fingerprint density at radius 3 is 2.52 bits per heavy atom. The molecule has 0 aliphatic carbocycles. The van der Waals surface area contributed by atoms with Crippen LogP contribution in [0.4, 0.5) is 5.69 Å². The molecule has 0 aliphatic rings. The predicted octanol–water partition coefficient (Wildman–Crippen LogP) is 2.93. The summed E-state index contributed by atoms with van der Waals surface area (Å²) in [4.78, 5) is 27.8. The van der Waals surface area contributed by atoms with Gasteiger partial charge in [-0.25, -0.2) is 4.79 Å². The van der Waals surface area contributed by atoms with Gasteiger partial charge < -0.3 is 14.8 Å². The molecule has 1 amide bonds. The van der Waals surface area contributed by atoms with Crippen molar-refractivity contribution in [1.29, 1.82) is 0 Å². The lowest BCUT2D eigenvalue weighted by Crippen LogP contribution is -2.30. The number of benzene rings is 1. The molecular formula is C16H15ClN2O4. The summed E-state index contributed by atoms with van der Waals surface area (Å²) in [5.41, 5.74) is 0.805. The summed E-state index contributed by atoms with van der Waals surface area (Å²) >= 11 is 5.99. The molecule has 1 atom stereocenters. The first-order valence-corrected chi connectivity index (χ1v) is 7.14. The van der Waals surface area contributed by atoms with Crippen LogP contribution in [0.25, 0.3) is 0 Å². The van der Waals surface area contributed by atoms with E-state index in [1.807, 2.05) is 0 Å². The van der Waals surface area contributed by atoms with Crippen molar-refractivity contribution in [1.82, 2.24) is 4.98 Å². The monoisotopic (exact) mass is 334 g/mol. The smallest absolute Gasteiger partial charge is 0.339 e. The van der Waals surface area contributed by atoms with Gasteiger partial charge in [0.2, 0.25) is 0 Å². The molecule has 6 nitrogen and oxygen atoms in total. The van der Waals surface area contributed by atoms with Gasteiger partial charge in [-0.2, -0.15) is 0 Å². The Balaban J connectivity index is 1.97. The van der Waals surface area contributed by atoms with E-state index < -0.39 is 18.0 Å². The van der Waals surface area contributed by atoms with E-state index in [9.17, 15) is 9.59 Å². The molecule has 1 unspecified atom stereocenters. The number of ether oxygens (including phenoxy) is 2. The number of rotatable bonds is 5. The standard InChI is InChI=1S/C16H15ClN2O4/c1-10(23-16(21)11-5-7-18-8-6-11)15(20)19-12-3-4-14(22-2)13(17)9-12/h3-10H,1-2H3,(H,19,20). The number of anilines is 1. The molecule has 120 valence electrons. The number of methoxy groups -OCH3 is 1. The summed E-state index contributed by atoms with van der Waals surface area (Å²) in [7, 11) is 1.50. The largest absolute Gasteiger partial charge is 0.495 e. The van der Waals surface area contributed by atoms with Crippen molar-refractivity contribution in [3.05, 3.63) is 53.3 Å². The summed E-state index contributed by atoms with van der Waals surface area (Å²) in [6.07, 6.45) is 1.98. The van der Waals surface area contributed by atoms with Crippen LogP contribution in [0, 0.1) is 0 Å². The van der Waals surface area contributed by atoms with Crippen LogP contribution in [0.2, 0.25) is 5.02 Å². The highest BCUT2D eigenvalue weighted by Gasteiger charge is 2.19. The Hall–Kier alpha value is -2.60. The molecule has 0 aliphatic heterocycles.